The Bertz CT molecular complexity index is 612. The fourth-order valence-electron chi connectivity index (χ4n) is 1.82. The molecule has 0 aliphatic heterocycles. The van der Waals surface area contributed by atoms with Crippen molar-refractivity contribution in [2.24, 2.45) is 0 Å². The third-order valence-electron chi connectivity index (χ3n) is 2.77. The van der Waals surface area contributed by atoms with E-state index in [1.54, 1.807) is 0 Å². The Morgan fingerprint density at radius 2 is 1.69 bits per heavy atom. The highest BCUT2D eigenvalue weighted by Crippen LogP contribution is 2.07. The summed E-state index contributed by atoms with van der Waals surface area (Å²) in [7, 11) is 0. The molecule has 0 heterocycles. The number of fused-ring (bicyclic) bond motifs is 1. The summed E-state index contributed by atoms with van der Waals surface area (Å²) in [5, 5.41) is 2.49. The minimum Gasteiger partial charge on any atom is -0.488 e. The lowest BCUT2D eigenvalue weighted by Gasteiger charge is -2.09. The molecule has 2 aromatic carbocycles. The van der Waals surface area contributed by atoms with Crippen LogP contribution in [-0.4, -0.2) is 0 Å². The standard InChI is InChI=1S/C15H12O/c1-2-5-12(6-3-1)11-16-15-8-4-7-13-9-10-14(13)15/h1-10H,11H2. The molecule has 1 nitrogen and oxygen atoms in total. The molecule has 0 atom stereocenters. The first-order valence-corrected chi connectivity index (χ1v) is 5.41. The Morgan fingerprint density at radius 1 is 0.812 bits per heavy atom. The van der Waals surface area contributed by atoms with E-state index in [0.29, 0.717) is 6.61 Å². The van der Waals surface area contributed by atoms with Gasteiger partial charge in [-0.15, -0.1) is 0 Å². The van der Waals surface area contributed by atoms with Gasteiger partial charge in [0.2, 0.25) is 0 Å². The van der Waals surface area contributed by atoms with Crippen LogP contribution in [0.15, 0.2) is 48.5 Å². The molecule has 0 N–H and O–H groups in total. The van der Waals surface area contributed by atoms with E-state index in [9.17, 15) is 0 Å². The quantitative estimate of drug-likeness (QED) is 0.748. The minimum absolute atomic E-state index is 0.630. The molecule has 0 bridgehead atoms. The lowest BCUT2D eigenvalue weighted by atomic mass is 10.1. The van der Waals surface area contributed by atoms with Gasteiger partial charge in [0, 0.05) is 5.22 Å². The Morgan fingerprint density at radius 3 is 2.44 bits per heavy atom. The van der Waals surface area contributed by atoms with Crippen LogP contribution in [0.4, 0.5) is 0 Å². The minimum atomic E-state index is 0.630. The van der Waals surface area contributed by atoms with Gasteiger partial charge in [0.25, 0.3) is 0 Å². The molecule has 1 aliphatic carbocycles. The topological polar surface area (TPSA) is 9.23 Å². The molecule has 0 amide bonds. The van der Waals surface area contributed by atoms with Crippen molar-refractivity contribution >= 4 is 12.2 Å². The summed E-state index contributed by atoms with van der Waals surface area (Å²) in [5.74, 6) is 0.976. The van der Waals surface area contributed by atoms with Gasteiger partial charge in [-0.1, -0.05) is 54.6 Å². The molecule has 0 spiro atoms. The van der Waals surface area contributed by atoms with E-state index in [1.165, 1.54) is 16.0 Å². The van der Waals surface area contributed by atoms with E-state index >= 15 is 0 Å². The Kier molecular flexibility index (Phi) is 2.22. The zero-order valence-electron chi connectivity index (χ0n) is 8.89. The van der Waals surface area contributed by atoms with Gasteiger partial charge in [-0.3, -0.25) is 0 Å². The van der Waals surface area contributed by atoms with Gasteiger partial charge in [0.1, 0.15) is 12.4 Å². The fraction of sp³-hybridized carbons (Fsp3) is 0.0667. The molecule has 16 heavy (non-hydrogen) atoms. The smallest absolute Gasteiger partial charge is 0.127 e. The summed E-state index contributed by atoms with van der Waals surface area (Å²) in [5.41, 5.74) is 1.20. The van der Waals surface area contributed by atoms with Crippen molar-refractivity contribution < 1.29 is 4.74 Å². The Hall–Kier alpha value is -2.02. The SMILES string of the molecule is C1=c2cccc(OCc3ccccc3)c2=C1. The van der Waals surface area contributed by atoms with Crippen molar-refractivity contribution in [3.8, 4) is 5.75 Å². The second-order valence-electron chi connectivity index (χ2n) is 3.87. The van der Waals surface area contributed by atoms with Crippen LogP contribution in [0.2, 0.25) is 0 Å². The van der Waals surface area contributed by atoms with Crippen molar-refractivity contribution in [3.05, 3.63) is 64.5 Å². The molecule has 0 fully saturated rings. The van der Waals surface area contributed by atoms with Gasteiger partial charge in [0.15, 0.2) is 0 Å². The predicted octanol–water partition coefficient (Wildman–Crippen LogP) is 1.84. The monoisotopic (exact) mass is 208 g/mol. The summed E-state index contributed by atoms with van der Waals surface area (Å²) in [6.45, 7) is 0.630. The normalized spacial score (nSPS) is 11.8. The largest absolute Gasteiger partial charge is 0.488 e. The third kappa shape index (κ3) is 1.61. The summed E-state index contributed by atoms with van der Waals surface area (Å²) in [6, 6.07) is 16.4. The number of ether oxygens (including phenoxy) is 1. The third-order valence-corrected chi connectivity index (χ3v) is 2.77. The predicted molar refractivity (Wildman–Crippen MR) is 65.4 cm³/mol. The van der Waals surface area contributed by atoms with E-state index in [2.05, 4.69) is 30.4 Å². The number of hydrogen-bond donors (Lipinski definition) is 0. The summed E-state index contributed by atoms with van der Waals surface area (Å²) in [4.78, 5) is 0. The van der Waals surface area contributed by atoms with Crippen LogP contribution in [-0.2, 0) is 6.61 Å². The van der Waals surface area contributed by atoms with E-state index in [1.807, 2.05) is 30.3 Å². The molecule has 0 saturated carbocycles. The molecule has 1 heteroatoms. The fourth-order valence-corrected chi connectivity index (χ4v) is 1.82. The van der Waals surface area contributed by atoms with E-state index in [-0.39, 0.29) is 0 Å². The first kappa shape index (κ1) is 9.22. The molecule has 78 valence electrons. The number of rotatable bonds is 3. The van der Waals surface area contributed by atoms with Gasteiger partial charge in [0.05, 0.1) is 0 Å². The maximum atomic E-state index is 5.80. The molecule has 0 saturated heterocycles. The molecule has 0 aromatic heterocycles. The van der Waals surface area contributed by atoms with Crippen molar-refractivity contribution in [1.29, 1.82) is 0 Å². The Balaban J connectivity index is 1.80. The average molecular weight is 208 g/mol. The molecule has 1 aliphatic rings. The van der Waals surface area contributed by atoms with Crippen LogP contribution in [0.3, 0.4) is 0 Å². The maximum absolute atomic E-state index is 5.80. The van der Waals surface area contributed by atoms with Crippen LogP contribution in [0, 0.1) is 0 Å². The van der Waals surface area contributed by atoms with Crippen LogP contribution in [0.1, 0.15) is 5.56 Å². The molecular formula is C15H12O. The first-order chi connectivity index (χ1) is 7.93. The molecule has 0 radical (unpaired) electrons. The van der Waals surface area contributed by atoms with Gasteiger partial charge < -0.3 is 4.74 Å². The zero-order valence-corrected chi connectivity index (χ0v) is 8.89. The lowest BCUT2D eigenvalue weighted by Crippen LogP contribution is -2.31. The number of hydrogen-bond acceptors (Lipinski definition) is 1. The number of benzene rings is 2. The summed E-state index contributed by atoms with van der Waals surface area (Å²) < 4.78 is 5.80. The van der Waals surface area contributed by atoms with Crippen molar-refractivity contribution in [3.63, 3.8) is 0 Å². The first-order valence-electron chi connectivity index (χ1n) is 5.41. The van der Waals surface area contributed by atoms with Gasteiger partial charge >= 0.3 is 0 Å². The van der Waals surface area contributed by atoms with E-state index in [0.717, 1.165) is 5.75 Å². The van der Waals surface area contributed by atoms with Gasteiger partial charge in [-0.25, -0.2) is 0 Å². The Labute approximate surface area is 94.3 Å². The van der Waals surface area contributed by atoms with Crippen molar-refractivity contribution in [2.45, 2.75) is 6.61 Å². The van der Waals surface area contributed by atoms with Crippen LogP contribution >= 0.6 is 0 Å². The molecule has 3 rings (SSSR count). The maximum Gasteiger partial charge on any atom is 0.127 e. The highest BCUT2D eigenvalue weighted by Gasteiger charge is 2.01. The van der Waals surface area contributed by atoms with Crippen molar-refractivity contribution in [1.82, 2.24) is 0 Å². The average Bonchev–Trinajstić information content (AvgIpc) is 2.30. The molecule has 0 unspecified atom stereocenters. The summed E-state index contributed by atoms with van der Waals surface area (Å²) >= 11 is 0. The van der Waals surface area contributed by atoms with Gasteiger partial charge in [-0.2, -0.15) is 0 Å². The zero-order chi connectivity index (χ0) is 10.8. The highest BCUT2D eigenvalue weighted by molar-refractivity contribution is 5.70. The second kappa shape index (κ2) is 3.86. The van der Waals surface area contributed by atoms with Crippen LogP contribution < -0.4 is 15.2 Å². The molecule has 2 aromatic rings. The van der Waals surface area contributed by atoms with Crippen LogP contribution in [0.25, 0.3) is 12.2 Å². The van der Waals surface area contributed by atoms with Crippen LogP contribution in [0.5, 0.6) is 5.75 Å². The highest BCUT2D eigenvalue weighted by atomic mass is 16.5. The summed E-state index contributed by atoms with van der Waals surface area (Å²) in [6.07, 6.45) is 4.19. The lowest BCUT2D eigenvalue weighted by molar-refractivity contribution is 0.303. The van der Waals surface area contributed by atoms with E-state index in [4.69, 9.17) is 4.74 Å². The molecular weight excluding hydrogens is 196 g/mol. The van der Waals surface area contributed by atoms with Crippen molar-refractivity contribution in [2.75, 3.05) is 0 Å². The second-order valence-corrected chi connectivity index (χ2v) is 3.87. The van der Waals surface area contributed by atoms with Gasteiger partial charge in [-0.05, 0) is 16.8 Å². The van der Waals surface area contributed by atoms with E-state index < -0.39 is 0 Å².